The second kappa shape index (κ2) is 29.1. The minimum Gasteiger partial charge on any atom is -0.387 e. The van der Waals surface area contributed by atoms with E-state index in [1.807, 2.05) is 27.2 Å². The van der Waals surface area contributed by atoms with Gasteiger partial charge < -0.3 is 19.8 Å². The van der Waals surface area contributed by atoms with Gasteiger partial charge in [0.25, 0.3) is 0 Å². The van der Waals surface area contributed by atoms with Crippen molar-refractivity contribution in [2.75, 3.05) is 40.9 Å². The van der Waals surface area contributed by atoms with Crippen LogP contribution in [0.1, 0.15) is 149 Å². The highest BCUT2D eigenvalue weighted by molar-refractivity contribution is 7.47. The van der Waals surface area contributed by atoms with Gasteiger partial charge in [0.1, 0.15) is 13.2 Å². The van der Waals surface area contributed by atoms with Crippen molar-refractivity contribution in [3.8, 4) is 0 Å². The Hall–Kier alpha value is -1.02. The van der Waals surface area contributed by atoms with Gasteiger partial charge in [-0.25, -0.2) is 4.57 Å². The number of hydrogen-bond acceptors (Lipinski definition) is 5. The fraction of sp³-hybridized carbons (Fsp3) is 0.861. The molecule has 0 rings (SSSR count). The zero-order valence-electron chi connectivity index (χ0n) is 29.9. The van der Waals surface area contributed by atoms with Gasteiger partial charge in [0.15, 0.2) is 0 Å². The third-order valence-corrected chi connectivity index (χ3v) is 8.90. The summed E-state index contributed by atoms with van der Waals surface area (Å²) >= 11 is 0. The van der Waals surface area contributed by atoms with Crippen molar-refractivity contribution in [1.82, 2.24) is 5.32 Å². The van der Waals surface area contributed by atoms with Gasteiger partial charge in [-0.2, -0.15) is 0 Å². The number of quaternary nitrogens is 1. The Morgan fingerprint density at radius 2 is 1.22 bits per heavy atom. The molecule has 0 radical (unpaired) electrons. The van der Waals surface area contributed by atoms with E-state index in [0.717, 1.165) is 51.4 Å². The number of aliphatic hydroxyl groups excluding tert-OH is 1. The molecule has 0 spiro atoms. The highest BCUT2D eigenvalue weighted by Crippen LogP contribution is 2.43. The minimum atomic E-state index is -4.32. The number of amides is 1. The van der Waals surface area contributed by atoms with Gasteiger partial charge in [0, 0.05) is 6.42 Å². The van der Waals surface area contributed by atoms with Crippen LogP contribution in [0.3, 0.4) is 0 Å². The predicted molar refractivity (Wildman–Crippen MR) is 189 cm³/mol. The van der Waals surface area contributed by atoms with Gasteiger partial charge in [-0.3, -0.25) is 13.8 Å². The van der Waals surface area contributed by atoms with Gasteiger partial charge >= 0.3 is 7.82 Å². The lowest BCUT2D eigenvalue weighted by molar-refractivity contribution is -0.870. The highest BCUT2D eigenvalue weighted by Gasteiger charge is 2.27. The molecule has 9 heteroatoms. The molecule has 3 unspecified atom stereocenters. The largest absolute Gasteiger partial charge is 0.472 e. The van der Waals surface area contributed by atoms with Crippen molar-refractivity contribution < 1.29 is 32.9 Å². The van der Waals surface area contributed by atoms with E-state index >= 15 is 0 Å². The van der Waals surface area contributed by atoms with Gasteiger partial charge in [0.05, 0.1) is 39.9 Å². The number of allylic oxidation sites excluding steroid dienone is 3. The van der Waals surface area contributed by atoms with Crippen molar-refractivity contribution in [1.29, 1.82) is 0 Å². The molecule has 3 N–H and O–H groups in total. The zero-order valence-corrected chi connectivity index (χ0v) is 30.8. The highest BCUT2D eigenvalue weighted by atomic mass is 31.2. The van der Waals surface area contributed by atoms with Crippen molar-refractivity contribution in [2.24, 2.45) is 0 Å². The maximum absolute atomic E-state index is 12.7. The van der Waals surface area contributed by atoms with E-state index in [2.05, 4.69) is 31.3 Å². The molecule has 0 heterocycles. The van der Waals surface area contributed by atoms with Crippen molar-refractivity contribution in [3.05, 3.63) is 24.3 Å². The molecule has 0 saturated heterocycles. The van der Waals surface area contributed by atoms with Crippen LogP contribution in [0, 0.1) is 0 Å². The number of rotatable bonds is 32. The van der Waals surface area contributed by atoms with Crippen LogP contribution in [-0.2, 0) is 18.4 Å². The monoisotopic (exact) mass is 660 g/mol. The van der Waals surface area contributed by atoms with Crippen LogP contribution in [-0.4, -0.2) is 73.4 Å². The summed E-state index contributed by atoms with van der Waals surface area (Å²) in [6, 6.07) is -0.844. The maximum atomic E-state index is 12.7. The van der Waals surface area contributed by atoms with Crippen LogP contribution in [0.25, 0.3) is 0 Å². The Morgan fingerprint density at radius 1 is 0.733 bits per heavy atom. The molecule has 0 aliphatic carbocycles. The Kier molecular flexibility index (Phi) is 28.5. The Balaban J connectivity index is 4.60. The third-order valence-electron chi connectivity index (χ3n) is 7.92. The zero-order chi connectivity index (χ0) is 33.7. The second-order valence-electron chi connectivity index (χ2n) is 13.6. The van der Waals surface area contributed by atoms with E-state index in [4.69, 9.17) is 9.05 Å². The Morgan fingerprint density at radius 3 is 1.78 bits per heavy atom. The van der Waals surface area contributed by atoms with Crippen LogP contribution in [0.4, 0.5) is 0 Å². The Bertz CT molecular complexity index is 799. The molecule has 0 bridgehead atoms. The molecular weight excluding hydrogens is 587 g/mol. The van der Waals surface area contributed by atoms with Gasteiger partial charge in [0.2, 0.25) is 5.91 Å². The average molecular weight is 660 g/mol. The SMILES string of the molecule is CCCC/C=C\CCCCCCCC(=O)NC(COP(=O)(O)OCC[N+](C)(C)C)C(O)/C=C/CCCCCCCCCCCC. The van der Waals surface area contributed by atoms with E-state index in [1.54, 1.807) is 6.08 Å². The minimum absolute atomic E-state index is 0.0603. The number of hydrogen-bond donors (Lipinski definition) is 3. The molecular formula is C36H72N2O6P+. The van der Waals surface area contributed by atoms with Gasteiger partial charge in [-0.1, -0.05) is 128 Å². The Labute approximate surface area is 277 Å². The number of carbonyl (C=O) groups is 1. The first-order valence-corrected chi connectivity index (χ1v) is 19.7. The number of nitrogens with zero attached hydrogens (tertiary/aromatic N) is 1. The number of unbranched alkanes of at least 4 members (excludes halogenated alkanes) is 17. The van der Waals surface area contributed by atoms with E-state index < -0.39 is 20.0 Å². The number of phosphoric ester groups is 1. The number of aliphatic hydroxyl groups is 1. The van der Waals surface area contributed by atoms with Crippen LogP contribution in [0.5, 0.6) is 0 Å². The smallest absolute Gasteiger partial charge is 0.387 e. The molecule has 0 aromatic rings. The summed E-state index contributed by atoms with van der Waals surface area (Å²) in [5, 5.41) is 13.7. The summed E-state index contributed by atoms with van der Waals surface area (Å²) in [5.41, 5.74) is 0. The first-order valence-electron chi connectivity index (χ1n) is 18.2. The first-order chi connectivity index (χ1) is 21.5. The fourth-order valence-electron chi connectivity index (χ4n) is 4.90. The topological polar surface area (TPSA) is 105 Å². The summed E-state index contributed by atoms with van der Waals surface area (Å²) in [4.78, 5) is 22.9. The van der Waals surface area contributed by atoms with Gasteiger partial charge in [-0.05, 0) is 38.5 Å². The lowest BCUT2D eigenvalue weighted by Gasteiger charge is -2.25. The quantitative estimate of drug-likeness (QED) is 0.0288. The van der Waals surface area contributed by atoms with E-state index in [9.17, 15) is 19.4 Å². The lowest BCUT2D eigenvalue weighted by atomic mass is 10.1. The molecule has 0 aliphatic heterocycles. The second-order valence-corrected chi connectivity index (χ2v) is 15.0. The fourth-order valence-corrected chi connectivity index (χ4v) is 5.64. The molecule has 0 fully saturated rings. The molecule has 0 aliphatic rings. The van der Waals surface area contributed by atoms with Crippen molar-refractivity contribution in [2.45, 2.75) is 161 Å². The van der Waals surface area contributed by atoms with Gasteiger partial charge in [-0.15, -0.1) is 0 Å². The van der Waals surface area contributed by atoms with Crippen molar-refractivity contribution >= 4 is 13.7 Å². The number of phosphoric acid groups is 1. The van der Waals surface area contributed by atoms with E-state index in [0.29, 0.717) is 17.4 Å². The number of likely N-dealkylation sites (N-methyl/N-ethyl adjacent to an activating group) is 1. The number of carbonyl (C=O) groups excluding carboxylic acids is 1. The maximum Gasteiger partial charge on any atom is 0.472 e. The molecule has 45 heavy (non-hydrogen) atoms. The van der Waals surface area contributed by atoms with Crippen LogP contribution in [0.2, 0.25) is 0 Å². The molecule has 1 amide bonds. The number of nitrogens with one attached hydrogen (secondary N) is 1. The van der Waals surface area contributed by atoms with Crippen molar-refractivity contribution in [3.63, 3.8) is 0 Å². The third kappa shape index (κ3) is 31.4. The summed E-state index contributed by atoms with van der Waals surface area (Å²) in [5.74, 6) is -0.191. The summed E-state index contributed by atoms with van der Waals surface area (Å²) in [6.45, 7) is 4.73. The summed E-state index contributed by atoms with van der Waals surface area (Å²) in [6.07, 6.45) is 30.9. The lowest BCUT2D eigenvalue weighted by Crippen LogP contribution is -2.45. The van der Waals surface area contributed by atoms with Crippen LogP contribution in [0.15, 0.2) is 24.3 Å². The summed E-state index contributed by atoms with van der Waals surface area (Å²) in [7, 11) is 1.56. The molecule has 8 nitrogen and oxygen atoms in total. The summed E-state index contributed by atoms with van der Waals surface area (Å²) < 4.78 is 23.4. The first kappa shape index (κ1) is 44.0. The standard InChI is InChI=1S/C36H71N2O6P/c1-6-8-10-12-14-16-18-20-21-23-25-27-29-35(39)34(33-44-45(41,42)43-32-31-38(3,4)5)37-36(40)30-28-26-24-22-19-17-15-13-11-9-7-2/h13,15,27,29,34-35,39H,6-12,14,16-26,28,30-33H2,1-5H3,(H-,37,40,41,42)/p+1/b15-13-,29-27+. The molecule has 266 valence electrons. The molecule has 0 aromatic carbocycles. The van der Waals surface area contributed by atoms with E-state index in [1.165, 1.54) is 77.0 Å². The predicted octanol–water partition coefficient (Wildman–Crippen LogP) is 9.02. The normalized spacial score (nSPS) is 15.1. The molecule has 0 saturated carbocycles. The van der Waals surface area contributed by atoms with Crippen LogP contribution < -0.4 is 5.32 Å². The van der Waals surface area contributed by atoms with E-state index in [-0.39, 0.29) is 19.1 Å². The average Bonchev–Trinajstić information content (AvgIpc) is 2.97. The van der Waals surface area contributed by atoms with Crippen LogP contribution >= 0.6 is 7.82 Å². The molecule has 3 atom stereocenters. The molecule has 0 aromatic heterocycles.